The number of aliphatic imine (C=N–C) groups is 2. The molecule has 170 valence electrons. The van der Waals surface area contributed by atoms with Crippen LogP contribution < -0.4 is 9.47 Å². The number of hydrogen-bond donors (Lipinski definition) is 2. The van der Waals surface area contributed by atoms with Gasteiger partial charge in [0.25, 0.3) is 5.69 Å². The van der Waals surface area contributed by atoms with Crippen molar-refractivity contribution in [2.75, 3.05) is 13.2 Å². The maximum atomic E-state index is 11.6. The van der Waals surface area contributed by atoms with Gasteiger partial charge >= 0.3 is 0 Å². The molecule has 0 bridgehead atoms. The van der Waals surface area contributed by atoms with Crippen LogP contribution in [0.3, 0.4) is 0 Å². The number of nitrogens with zero attached hydrogens (tertiary/aromatic N) is 3. The highest BCUT2D eigenvalue weighted by molar-refractivity contribution is 5.89. The summed E-state index contributed by atoms with van der Waals surface area (Å²) in [7, 11) is 0. The number of hydrogen-bond acceptors (Lipinski definition) is 8. The molecule has 0 radical (unpaired) electrons. The lowest BCUT2D eigenvalue weighted by molar-refractivity contribution is -0.384. The molecule has 9 heteroatoms. The van der Waals surface area contributed by atoms with E-state index >= 15 is 0 Å². The molecule has 33 heavy (non-hydrogen) atoms. The molecule has 3 aromatic rings. The van der Waals surface area contributed by atoms with E-state index in [1.165, 1.54) is 24.6 Å². The van der Waals surface area contributed by atoms with Crippen LogP contribution in [0.5, 0.6) is 23.0 Å². The first kappa shape index (κ1) is 23.3. The molecule has 0 unspecified atom stereocenters. The quantitative estimate of drug-likeness (QED) is 0.259. The molecule has 0 spiro atoms. The summed E-state index contributed by atoms with van der Waals surface area (Å²) in [4.78, 5) is 19.4. The minimum absolute atomic E-state index is 0.0621. The third-order valence-corrected chi connectivity index (χ3v) is 4.51. The molecule has 0 amide bonds. The fourth-order valence-electron chi connectivity index (χ4n) is 2.96. The van der Waals surface area contributed by atoms with Crippen molar-refractivity contribution in [1.82, 2.24) is 0 Å². The van der Waals surface area contributed by atoms with Crippen molar-refractivity contribution in [2.24, 2.45) is 9.98 Å². The first-order valence-electron chi connectivity index (χ1n) is 10.2. The fourth-order valence-corrected chi connectivity index (χ4v) is 2.96. The number of phenols is 2. The smallest absolute Gasteiger partial charge is 0.296 e. The number of para-hydroxylation sites is 2. The molecule has 0 aliphatic heterocycles. The molecule has 0 saturated heterocycles. The van der Waals surface area contributed by atoms with Crippen LogP contribution in [0.4, 0.5) is 17.1 Å². The monoisotopic (exact) mass is 449 g/mol. The van der Waals surface area contributed by atoms with E-state index in [1.807, 2.05) is 0 Å². The van der Waals surface area contributed by atoms with Crippen LogP contribution in [-0.2, 0) is 0 Å². The zero-order valence-corrected chi connectivity index (χ0v) is 18.1. The number of ether oxygens (including phenoxy) is 2. The Morgan fingerprint density at radius 1 is 0.879 bits per heavy atom. The lowest BCUT2D eigenvalue weighted by atomic mass is 10.2. The summed E-state index contributed by atoms with van der Waals surface area (Å²) >= 11 is 0. The van der Waals surface area contributed by atoms with Gasteiger partial charge in [0.1, 0.15) is 5.69 Å². The maximum absolute atomic E-state index is 11.6. The Bertz CT molecular complexity index is 1210. The van der Waals surface area contributed by atoms with Gasteiger partial charge < -0.3 is 19.7 Å². The van der Waals surface area contributed by atoms with Gasteiger partial charge in [-0.3, -0.25) is 15.1 Å². The summed E-state index contributed by atoms with van der Waals surface area (Å²) in [5, 5.41) is 32.1. The van der Waals surface area contributed by atoms with Gasteiger partial charge in [-0.15, -0.1) is 0 Å². The minimum Gasteiger partial charge on any atom is -0.504 e. The van der Waals surface area contributed by atoms with Crippen LogP contribution in [0.2, 0.25) is 0 Å². The zero-order valence-electron chi connectivity index (χ0n) is 18.1. The molecule has 0 atom stereocenters. The molecule has 3 rings (SSSR count). The topological polar surface area (TPSA) is 127 Å². The highest BCUT2D eigenvalue weighted by atomic mass is 16.6. The van der Waals surface area contributed by atoms with Crippen LogP contribution in [0, 0.1) is 10.1 Å². The Kier molecular flexibility index (Phi) is 7.59. The molecule has 2 N–H and O–H groups in total. The molecule has 3 aromatic carbocycles. The third-order valence-electron chi connectivity index (χ3n) is 4.51. The van der Waals surface area contributed by atoms with Crippen molar-refractivity contribution >= 4 is 29.5 Å². The number of phenolic OH excluding ortho intramolecular Hbond substituents is 2. The molecule has 0 fully saturated rings. The molecule has 9 nitrogen and oxygen atoms in total. The minimum atomic E-state index is -0.560. The predicted octanol–water partition coefficient (Wildman–Crippen LogP) is 5.30. The largest absolute Gasteiger partial charge is 0.504 e. The van der Waals surface area contributed by atoms with Crippen molar-refractivity contribution in [1.29, 1.82) is 0 Å². The average molecular weight is 449 g/mol. The second kappa shape index (κ2) is 10.8. The lowest BCUT2D eigenvalue weighted by Crippen LogP contribution is -1.94. The normalized spacial score (nSPS) is 11.2. The molecular weight excluding hydrogens is 426 g/mol. The third kappa shape index (κ3) is 5.65. The number of nitro benzene ring substituents is 1. The molecule has 0 aromatic heterocycles. The number of nitro groups is 1. The van der Waals surface area contributed by atoms with Gasteiger partial charge in [-0.2, -0.15) is 0 Å². The van der Waals surface area contributed by atoms with E-state index in [0.29, 0.717) is 41.5 Å². The van der Waals surface area contributed by atoms with E-state index in [9.17, 15) is 20.3 Å². The number of aromatic hydroxyl groups is 2. The summed E-state index contributed by atoms with van der Waals surface area (Å²) in [5.41, 5.74) is 0.926. The average Bonchev–Trinajstić information content (AvgIpc) is 2.80. The standard InChI is InChI=1S/C24H23N3O6/c1-3-32-21-9-5-7-16(23(21)28)14-25-18-11-12-19(20(13-18)27(30)31)26-15-17-8-6-10-22(24(17)29)33-4-2/h5-15,28-29H,3-4H2,1-2H3. The summed E-state index contributed by atoms with van der Waals surface area (Å²) < 4.78 is 10.7. The summed E-state index contributed by atoms with van der Waals surface area (Å²) in [6, 6.07) is 14.2. The van der Waals surface area contributed by atoms with E-state index in [1.54, 1.807) is 56.3 Å². The second-order valence-electron chi connectivity index (χ2n) is 6.70. The Labute approximate surface area is 190 Å². The van der Waals surface area contributed by atoms with Gasteiger partial charge in [0.15, 0.2) is 23.0 Å². The van der Waals surface area contributed by atoms with Gasteiger partial charge in [-0.1, -0.05) is 12.1 Å². The van der Waals surface area contributed by atoms with E-state index < -0.39 is 4.92 Å². The van der Waals surface area contributed by atoms with Crippen molar-refractivity contribution in [2.45, 2.75) is 13.8 Å². The van der Waals surface area contributed by atoms with Crippen molar-refractivity contribution in [3.8, 4) is 23.0 Å². The van der Waals surface area contributed by atoms with Crippen LogP contribution in [0.15, 0.2) is 64.6 Å². The second-order valence-corrected chi connectivity index (χ2v) is 6.70. The van der Waals surface area contributed by atoms with Crippen LogP contribution in [0.1, 0.15) is 25.0 Å². The van der Waals surface area contributed by atoms with Crippen LogP contribution in [0.25, 0.3) is 0 Å². The van der Waals surface area contributed by atoms with Crippen molar-refractivity contribution < 1.29 is 24.6 Å². The Morgan fingerprint density at radius 3 is 1.94 bits per heavy atom. The number of benzene rings is 3. The predicted molar refractivity (Wildman–Crippen MR) is 126 cm³/mol. The highest BCUT2D eigenvalue weighted by Gasteiger charge is 2.15. The fraction of sp³-hybridized carbons (Fsp3) is 0.167. The first-order chi connectivity index (χ1) is 15.9. The van der Waals surface area contributed by atoms with Crippen molar-refractivity contribution in [3.05, 3.63) is 75.8 Å². The van der Waals surface area contributed by atoms with Gasteiger partial charge in [-0.25, -0.2) is 4.99 Å². The maximum Gasteiger partial charge on any atom is 0.296 e. The Hall–Kier alpha value is -4.40. The van der Waals surface area contributed by atoms with Crippen LogP contribution >= 0.6 is 0 Å². The lowest BCUT2D eigenvalue weighted by Gasteiger charge is -2.07. The molecule has 0 aliphatic rings. The molecule has 0 heterocycles. The molecule has 0 saturated carbocycles. The summed E-state index contributed by atoms with van der Waals surface area (Å²) in [5.74, 6) is 0.472. The molecular formula is C24H23N3O6. The summed E-state index contributed by atoms with van der Waals surface area (Å²) in [6.07, 6.45) is 2.73. The summed E-state index contributed by atoms with van der Waals surface area (Å²) in [6.45, 7) is 4.39. The zero-order chi connectivity index (χ0) is 23.8. The van der Waals surface area contributed by atoms with E-state index in [0.717, 1.165) is 0 Å². The highest BCUT2D eigenvalue weighted by Crippen LogP contribution is 2.34. The van der Waals surface area contributed by atoms with Crippen molar-refractivity contribution in [3.63, 3.8) is 0 Å². The Morgan fingerprint density at radius 2 is 1.42 bits per heavy atom. The van der Waals surface area contributed by atoms with Gasteiger partial charge in [0.2, 0.25) is 0 Å². The Balaban J connectivity index is 1.88. The van der Waals surface area contributed by atoms with Crippen LogP contribution in [-0.4, -0.2) is 40.8 Å². The van der Waals surface area contributed by atoms with Gasteiger partial charge in [-0.05, 0) is 50.2 Å². The van der Waals surface area contributed by atoms with Gasteiger partial charge in [0.05, 0.1) is 23.8 Å². The van der Waals surface area contributed by atoms with E-state index in [2.05, 4.69) is 9.98 Å². The van der Waals surface area contributed by atoms with E-state index in [-0.39, 0.29) is 22.9 Å². The molecule has 0 aliphatic carbocycles. The van der Waals surface area contributed by atoms with Gasteiger partial charge in [0, 0.05) is 29.6 Å². The first-order valence-corrected chi connectivity index (χ1v) is 10.2. The number of rotatable bonds is 9. The SMILES string of the molecule is CCOc1cccc(C=Nc2ccc(N=Cc3cccc(OCC)c3O)c([N+](=O)[O-])c2)c1O. The van der Waals surface area contributed by atoms with E-state index in [4.69, 9.17) is 9.47 Å².